The third-order valence-corrected chi connectivity index (χ3v) is 2.68. The van der Waals surface area contributed by atoms with E-state index >= 15 is 0 Å². The van der Waals surface area contributed by atoms with Crippen molar-refractivity contribution in [3.63, 3.8) is 0 Å². The van der Waals surface area contributed by atoms with Crippen molar-refractivity contribution in [2.75, 3.05) is 13.7 Å². The number of aryl methyl sites for hydroxylation is 1. The number of aromatic nitrogens is 3. The Balaban J connectivity index is 2.32. The number of hydrogen-bond acceptors (Lipinski definition) is 4. The molecule has 0 atom stereocenters. The van der Waals surface area contributed by atoms with Gasteiger partial charge in [-0.2, -0.15) is 0 Å². The smallest absolute Gasteiger partial charge is 0.307 e. The SMILES string of the molecule is COCCCn1nnc2cccc(CC(=O)O)c21. The van der Waals surface area contributed by atoms with E-state index < -0.39 is 5.97 Å². The van der Waals surface area contributed by atoms with E-state index in [1.165, 1.54) is 0 Å². The Labute approximate surface area is 104 Å². The van der Waals surface area contributed by atoms with Crippen LogP contribution in [0.2, 0.25) is 0 Å². The molecule has 6 nitrogen and oxygen atoms in total. The zero-order valence-corrected chi connectivity index (χ0v) is 10.2. The van der Waals surface area contributed by atoms with Gasteiger partial charge in [0, 0.05) is 20.3 Å². The van der Waals surface area contributed by atoms with Gasteiger partial charge in [-0.15, -0.1) is 5.10 Å². The molecule has 0 saturated heterocycles. The van der Waals surface area contributed by atoms with Crippen LogP contribution in [0.1, 0.15) is 12.0 Å². The van der Waals surface area contributed by atoms with Crippen molar-refractivity contribution in [3.8, 4) is 0 Å². The van der Waals surface area contributed by atoms with E-state index in [0.717, 1.165) is 23.0 Å². The molecule has 0 amide bonds. The van der Waals surface area contributed by atoms with Crippen LogP contribution in [0.3, 0.4) is 0 Å². The molecule has 0 aliphatic heterocycles. The molecular weight excluding hydrogens is 234 g/mol. The molecule has 18 heavy (non-hydrogen) atoms. The summed E-state index contributed by atoms with van der Waals surface area (Å²) in [6, 6.07) is 5.43. The molecule has 0 unspecified atom stereocenters. The predicted molar refractivity (Wildman–Crippen MR) is 65.4 cm³/mol. The number of methoxy groups -OCH3 is 1. The van der Waals surface area contributed by atoms with Gasteiger partial charge >= 0.3 is 5.97 Å². The van der Waals surface area contributed by atoms with Gasteiger partial charge in [-0.3, -0.25) is 4.79 Å². The predicted octanol–water partition coefficient (Wildman–Crippen LogP) is 1.09. The first-order valence-corrected chi connectivity index (χ1v) is 5.74. The van der Waals surface area contributed by atoms with Gasteiger partial charge in [0.2, 0.25) is 0 Å². The lowest BCUT2D eigenvalue weighted by atomic mass is 10.1. The molecule has 0 aliphatic carbocycles. The molecule has 0 saturated carbocycles. The monoisotopic (exact) mass is 249 g/mol. The summed E-state index contributed by atoms with van der Waals surface area (Å²) >= 11 is 0. The molecule has 0 fully saturated rings. The third-order valence-electron chi connectivity index (χ3n) is 2.68. The first kappa shape index (κ1) is 12.5. The van der Waals surface area contributed by atoms with Crippen molar-refractivity contribution >= 4 is 17.0 Å². The number of hydrogen-bond donors (Lipinski definition) is 1. The molecule has 96 valence electrons. The Hall–Kier alpha value is -1.95. The lowest BCUT2D eigenvalue weighted by Gasteiger charge is -2.05. The quantitative estimate of drug-likeness (QED) is 0.775. The van der Waals surface area contributed by atoms with Crippen LogP contribution < -0.4 is 0 Å². The van der Waals surface area contributed by atoms with Crippen molar-refractivity contribution in [2.45, 2.75) is 19.4 Å². The lowest BCUT2D eigenvalue weighted by molar-refractivity contribution is -0.136. The molecule has 2 aromatic rings. The van der Waals surface area contributed by atoms with E-state index in [1.807, 2.05) is 6.07 Å². The van der Waals surface area contributed by atoms with Gasteiger partial charge in [0.05, 0.1) is 11.9 Å². The van der Waals surface area contributed by atoms with Crippen LogP contribution in [0.15, 0.2) is 18.2 Å². The summed E-state index contributed by atoms with van der Waals surface area (Å²) in [5.41, 5.74) is 2.27. The largest absolute Gasteiger partial charge is 0.481 e. The minimum Gasteiger partial charge on any atom is -0.481 e. The molecular formula is C12H15N3O3. The second-order valence-electron chi connectivity index (χ2n) is 4.01. The van der Waals surface area contributed by atoms with Gasteiger partial charge in [-0.1, -0.05) is 17.3 Å². The second-order valence-corrected chi connectivity index (χ2v) is 4.01. The Kier molecular flexibility index (Phi) is 3.88. The minimum atomic E-state index is -0.854. The van der Waals surface area contributed by atoms with E-state index in [9.17, 15) is 4.79 Å². The maximum atomic E-state index is 10.8. The Morgan fingerprint density at radius 3 is 3.06 bits per heavy atom. The third kappa shape index (κ3) is 2.65. The van der Waals surface area contributed by atoms with Gasteiger partial charge < -0.3 is 9.84 Å². The Morgan fingerprint density at radius 2 is 2.33 bits per heavy atom. The van der Waals surface area contributed by atoms with E-state index in [0.29, 0.717) is 13.2 Å². The Morgan fingerprint density at radius 1 is 1.50 bits per heavy atom. The summed E-state index contributed by atoms with van der Waals surface area (Å²) in [7, 11) is 1.65. The molecule has 0 radical (unpaired) electrons. The maximum absolute atomic E-state index is 10.8. The van der Waals surface area contributed by atoms with Crippen LogP contribution in [0.4, 0.5) is 0 Å². The number of aliphatic carboxylic acids is 1. The number of nitrogens with zero attached hydrogens (tertiary/aromatic N) is 3. The number of para-hydroxylation sites is 1. The number of fused-ring (bicyclic) bond motifs is 1. The van der Waals surface area contributed by atoms with Gasteiger partial charge in [0.15, 0.2) is 0 Å². The number of rotatable bonds is 6. The summed E-state index contributed by atoms with van der Waals surface area (Å²) < 4.78 is 6.73. The fraction of sp³-hybridized carbons (Fsp3) is 0.417. The number of carbonyl (C=O) groups is 1. The Bertz CT molecular complexity index is 550. The fourth-order valence-corrected chi connectivity index (χ4v) is 1.92. The zero-order valence-electron chi connectivity index (χ0n) is 10.2. The minimum absolute atomic E-state index is 0.0189. The highest BCUT2D eigenvalue weighted by Crippen LogP contribution is 2.17. The van der Waals surface area contributed by atoms with E-state index in [4.69, 9.17) is 9.84 Å². The normalized spacial score (nSPS) is 10.9. The summed E-state index contributed by atoms with van der Waals surface area (Å²) in [6.07, 6.45) is 0.797. The zero-order chi connectivity index (χ0) is 13.0. The van der Waals surface area contributed by atoms with Crippen molar-refractivity contribution in [2.24, 2.45) is 0 Å². The van der Waals surface area contributed by atoms with Crippen molar-refractivity contribution in [1.29, 1.82) is 0 Å². The average Bonchev–Trinajstić information content (AvgIpc) is 2.73. The second kappa shape index (κ2) is 5.59. The van der Waals surface area contributed by atoms with Crippen LogP contribution in [-0.4, -0.2) is 39.8 Å². The topological polar surface area (TPSA) is 77.2 Å². The molecule has 6 heteroatoms. The molecule has 2 rings (SSSR count). The van der Waals surface area contributed by atoms with E-state index in [-0.39, 0.29) is 6.42 Å². The standard InChI is InChI=1S/C12H15N3O3/c1-18-7-3-6-15-12-9(8-11(16)17)4-2-5-10(12)13-14-15/h2,4-5H,3,6-8H2,1H3,(H,16,17). The number of ether oxygens (including phenoxy) is 1. The van der Waals surface area contributed by atoms with Gasteiger partial charge in [0.25, 0.3) is 0 Å². The first-order valence-electron chi connectivity index (χ1n) is 5.74. The highest BCUT2D eigenvalue weighted by Gasteiger charge is 2.11. The molecule has 1 heterocycles. The lowest BCUT2D eigenvalue weighted by Crippen LogP contribution is -2.07. The van der Waals surface area contributed by atoms with Crippen molar-refractivity contribution < 1.29 is 14.6 Å². The van der Waals surface area contributed by atoms with Crippen LogP contribution in [-0.2, 0) is 22.5 Å². The van der Waals surface area contributed by atoms with Gasteiger partial charge in [0.1, 0.15) is 5.52 Å². The molecule has 1 N–H and O–H groups in total. The highest BCUT2D eigenvalue weighted by atomic mass is 16.5. The maximum Gasteiger partial charge on any atom is 0.307 e. The summed E-state index contributed by atoms with van der Waals surface area (Å²) in [5.74, 6) is -0.854. The molecule has 0 aliphatic rings. The number of carboxylic acid groups (broad SMARTS) is 1. The summed E-state index contributed by atoms with van der Waals surface area (Å²) in [4.78, 5) is 10.8. The average molecular weight is 249 g/mol. The van der Waals surface area contributed by atoms with E-state index in [2.05, 4.69) is 10.3 Å². The van der Waals surface area contributed by atoms with E-state index in [1.54, 1.807) is 23.9 Å². The first-order chi connectivity index (χ1) is 8.72. The van der Waals surface area contributed by atoms with Gasteiger partial charge in [-0.25, -0.2) is 4.68 Å². The summed E-state index contributed by atoms with van der Waals surface area (Å²) in [5, 5.41) is 17.0. The molecule has 1 aromatic heterocycles. The van der Waals surface area contributed by atoms with Crippen molar-refractivity contribution in [1.82, 2.24) is 15.0 Å². The number of carboxylic acids is 1. The van der Waals surface area contributed by atoms with Crippen LogP contribution >= 0.6 is 0 Å². The van der Waals surface area contributed by atoms with Crippen LogP contribution in [0, 0.1) is 0 Å². The van der Waals surface area contributed by atoms with Crippen molar-refractivity contribution in [3.05, 3.63) is 23.8 Å². The fourth-order valence-electron chi connectivity index (χ4n) is 1.92. The molecule has 0 spiro atoms. The molecule has 1 aromatic carbocycles. The highest BCUT2D eigenvalue weighted by molar-refractivity contribution is 5.83. The van der Waals surface area contributed by atoms with Gasteiger partial charge in [-0.05, 0) is 18.1 Å². The molecule has 0 bridgehead atoms. The van der Waals surface area contributed by atoms with Crippen LogP contribution in [0.5, 0.6) is 0 Å². The summed E-state index contributed by atoms with van der Waals surface area (Å²) in [6.45, 7) is 1.31. The number of benzene rings is 1. The van der Waals surface area contributed by atoms with Crippen LogP contribution in [0.25, 0.3) is 11.0 Å².